The van der Waals surface area contributed by atoms with E-state index < -0.39 is 0 Å². The largest absolute Gasteiger partial charge is 0.303 e. The van der Waals surface area contributed by atoms with Gasteiger partial charge in [0.05, 0.1) is 5.02 Å². The fourth-order valence-corrected chi connectivity index (χ4v) is 1.23. The Morgan fingerprint density at radius 3 is 2.75 bits per heavy atom. The molecule has 1 nitrogen and oxygen atoms in total. The summed E-state index contributed by atoms with van der Waals surface area (Å²) in [5.41, 5.74) is 0.944. The van der Waals surface area contributed by atoms with E-state index in [0.29, 0.717) is 9.92 Å². The van der Waals surface area contributed by atoms with Gasteiger partial charge in [0.1, 0.15) is 6.29 Å². The lowest BCUT2D eigenvalue weighted by molar-refractivity contribution is -0.108. The van der Waals surface area contributed by atoms with E-state index in [1.165, 1.54) is 0 Å². The Kier molecular flexibility index (Phi) is 3.18. The number of carbonyl (C=O) groups is 1. The van der Waals surface area contributed by atoms with E-state index in [2.05, 4.69) is 12.6 Å². The molecule has 1 unspecified atom stereocenters. The Bertz CT molecular complexity index is 299. The van der Waals surface area contributed by atoms with Gasteiger partial charge in [-0.3, -0.25) is 0 Å². The van der Waals surface area contributed by atoms with Gasteiger partial charge in [0.2, 0.25) is 0 Å². The van der Waals surface area contributed by atoms with Crippen LogP contribution in [0.3, 0.4) is 0 Å². The smallest absolute Gasteiger partial charge is 0.127 e. The molecular formula is C9H9ClOS. The van der Waals surface area contributed by atoms with Crippen molar-refractivity contribution in [2.75, 3.05) is 0 Å². The van der Waals surface area contributed by atoms with E-state index in [4.69, 9.17) is 11.6 Å². The molecule has 0 aliphatic heterocycles. The average molecular weight is 201 g/mol. The molecule has 0 saturated heterocycles. The van der Waals surface area contributed by atoms with Crippen LogP contribution in [0.2, 0.25) is 5.02 Å². The van der Waals surface area contributed by atoms with Gasteiger partial charge < -0.3 is 4.79 Å². The summed E-state index contributed by atoms with van der Waals surface area (Å²) in [6.07, 6.45) is 0.899. The van der Waals surface area contributed by atoms with E-state index in [-0.39, 0.29) is 5.92 Å². The zero-order chi connectivity index (χ0) is 9.14. The topological polar surface area (TPSA) is 17.1 Å². The molecule has 1 atom stereocenters. The van der Waals surface area contributed by atoms with Gasteiger partial charge in [0.15, 0.2) is 0 Å². The summed E-state index contributed by atoms with van der Waals surface area (Å²) >= 11 is 9.92. The van der Waals surface area contributed by atoms with Crippen LogP contribution in [0.15, 0.2) is 23.1 Å². The zero-order valence-electron chi connectivity index (χ0n) is 6.62. The molecule has 1 rings (SSSR count). The van der Waals surface area contributed by atoms with Crippen molar-refractivity contribution < 1.29 is 4.79 Å². The Morgan fingerprint density at radius 1 is 1.58 bits per heavy atom. The first kappa shape index (κ1) is 9.62. The van der Waals surface area contributed by atoms with Crippen molar-refractivity contribution in [3.8, 4) is 0 Å². The fourth-order valence-electron chi connectivity index (χ4n) is 0.891. The van der Waals surface area contributed by atoms with E-state index in [0.717, 1.165) is 11.8 Å². The van der Waals surface area contributed by atoms with Crippen molar-refractivity contribution in [2.24, 2.45) is 0 Å². The standard InChI is InChI=1S/C9H9ClOS/c1-6(5-11)7-2-3-8(10)9(12)4-7/h2-6,12H,1H3. The number of halogens is 1. The van der Waals surface area contributed by atoms with Gasteiger partial charge >= 0.3 is 0 Å². The molecule has 0 saturated carbocycles. The highest BCUT2D eigenvalue weighted by Crippen LogP contribution is 2.24. The first-order valence-corrected chi connectivity index (χ1v) is 4.41. The third-order valence-corrected chi connectivity index (χ3v) is 2.53. The van der Waals surface area contributed by atoms with Crippen molar-refractivity contribution in [1.82, 2.24) is 0 Å². The van der Waals surface area contributed by atoms with Crippen LogP contribution in [-0.4, -0.2) is 6.29 Å². The molecule has 1 aromatic carbocycles. The summed E-state index contributed by atoms with van der Waals surface area (Å²) in [5.74, 6) is -0.0897. The maximum Gasteiger partial charge on any atom is 0.127 e. The molecule has 12 heavy (non-hydrogen) atoms. The molecule has 0 aromatic heterocycles. The molecule has 0 aliphatic rings. The van der Waals surface area contributed by atoms with E-state index in [9.17, 15) is 4.79 Å². The van der Waals surface area contributed by atoms with Crippen LogP contribution >= 0.6 is 24.2 Å². The van der Waals surface area contributed by atoms with Gasteiger partial charge in [-0.05, 0) is 17.7 Å². The number of thiol groups is 1. The van der Waals surface area contributed by atoms with Gasteiger partial charge in [-0.25, -0.2) is 0 Å². The number of hydrogen-bond donors (Lipinski definition) is 1. The Balaban J connectivity index is 3.04. The summed E-state index contributed by atoms with van der Waals surface area (Å²) in [7, 11) is 0. The van der Waals surface area contributed by atoms with Crippen LogP contribution in [-0.2, 0) is 4.79 Å². The first-order valence-electron chi connectivity index (χ1n) is 3.59. The van der Waals surface area contributed by atoms with Crippen molar-refractivity contribution in [2.45, 2.75) is 17.7 Å². The normalized spacial score (nSPS) is 12.6. The highest BCUT2D eigenvalue weighted by Gasteiger charge is 2.04. The van der Waals surface area contributed by atoms with Crippen molar-refractivity contribution in [3.63, 3.8) is 0 Å². The maximum atomic E-state index is 10.4. The lowest BCUT2D eigenvalue weighted by Gasteiger charge is -2.05. The number of hydrogen-bond acceptors (Lipinski definition) is 2. The Morgan fingerprint density at radius 2 is 2.25 bits per heavy atom. The molecule has 0 spiro atoms. The van der Waals surface area contributed by atoms with Crippen LogP contribution in [0.5, 0.6) is 0 Å². The van der Waals surface area contributed by atoms with Gasteiger partial charge in [0, 0.05) is 10.8 Å². The molecule has 1 aromatic rings. The number of benzene rings is 1. The van der Waals surface area contributed by atoms with Gasteiger partial charge in [-0.2, -0.15) is 0 Å². The monoisotopic (exact) mass is 200 g/mol. The second kappa shape index (κ2) is 3.97. The molecule has 64 valence electrons. The number of aldehydes is 1. The lowest BCUT2D eigenvalue weighted by atomic mass is 10.0. The summed E-state index contributed by atoms with van der Waals surface area (Å²) in [6.45, 7) is 1.84. The molecule has 0 amide bonds. The van der Waals surface area contributed by atoms with Crippen molar-refractivity contribution in [3.05, 3.63) is 28.8 Å². The summed E-state index contributed by atoms with van der Waals surface area (Å²) < 4.78 is 0. The molecule has 0 radical (unpaired) electrons. The quantitative estimate of drug-likeness (QED) is 0.574. The highest BCUT2D eigenvalue weighted by atomic mass is 35.5. The first-order chi connectivity index (χ1) is 5.65. The van der Waals surface area contributed by atoms with Crippen LogP contribution in [0.25, 0.3) is 0 Å². The molecule has 0 bridgehead atoms. The SMILES string of the molecule is CC(C=O)c1ccc(Cl)c(S)c1. The van der Waals surface area contributed by atoms with Gasteiger partial charge in [0.25, 0.3) is 0 Å². The molecular weight excluding hydrogens is 192 g/mol. The van der Waals surface area contributed by atoms with Gasteiger partial charge in [-0.15, -0.1) is 12.6 Å². The molecule has 0 N–H and O–H groups in total. The summed E-state index contributed by atoms with van der Waals surface area (Å²) in [6, 6.07) is 5.39. The predicted octanol–water partition coefficient (Wildman–Crippen LogP) is 2.93. The zero-order valence-corrected chi connectivity index (χ0v) is 8.27. The maximum absolute atomic E-state index is 10.4. The third kappa shape index (κ3) is 2.02. The van der Waals surface area contributed by atoms with Crippen LogP contribution in [0, 0.1) is 0 Å². The number of carbonyl (C=O) groups excluding carboxylic acids is 1. The third-order valence-electron chi connectivity index (χ3n) is 1.70. The second-order valence-corrected chi connectivity index (χ2v) is 3.52. The minimum Gasteiger partial charge on any atom is -0.303 e. The van der Waals surface area contributed by atoms with Crippen LogP contribution < -0.4 is 0 Å². The molecule has 3 heteroatoms. The molecule has 0 aliphatic carbocycles. The fraction of sp³-hybridized carbons (Fsp3) is 0.222. The van der Waals surface area contributed by atoms with Crippen molar-refractivity contribution >= 4 is 30.5 Å². The van der Waals surface area contributed by atoms with Crippen LogP contribution in [0.1, 0.15) is 18.4 Å². The highest BCUT2D eigenvalue weighted by molar-refractivity contribution is 7.80. The average Bonchev–Trinajstić information content (AvgIpc) is 2.08. The predicted molar refractivity (Wildman–Crippen MR) is 53.2 cm³/mol. The second-order valence-electron chi connectivity index (χ2n) is 2.64. The van der Waals surface area contributed by atoms with Crippen LogP contribution in [0.4, 0.5) is 0 Å². The van der Waals surface area contributed by atoms with Crippen molar-refractivity contribution in [1.29, 1.82) is 0 Å². The minimum absolute atomic E-state index is 0.0897. The lowest BCUT2D eigenvalue weighted by Crippen LogP contribution is -1.93. The Labute approximate surface area is 82.1 Å². The van der Waals surface area contributed by atoms with Gasteiger partial charge in [-0.1, -0.05) is 24.6 Å². The molecule has 0 heterocycles. The summed E-state index contributed by atoms with van der Waals surface area (Å²) in [4.78, 5) is 11.2. The van der Waals surface area contributed by atoms with E-state index >= 15 is 0 Å². The summed E-state index contributed by atoms with van der Waals surface area (Å²) in [5, 5.41) is 0.611. The molecule has 0 fully saturated rings. The van der Waals surface area contributed by atoms with E-state index in [1.807, 2.05) is 19.1 Å². The number of rotatable bonds is 2. The Hall–Kier alpha value is -0.470. The minimum atomic E-state index is -0.0897. The van der Waals surface area contributed by atoms with E-state index in [1.54, 1.807) is 6.07 Å².